The van der Waals surface area contributed by atoms with Gasteiger partial charge in [0, 0.05) is 5.92 Å². The molecule has 1 unspecified atom stereocenters. The summed E-state index contributed by atoms with van der Waals surface area (Å²) in [4.78, 5) is 10.8. The molecule has 74 valence electrons. The number of aryl methyl sites for hydroxylation is 1. The Labute approximate surface area is 85.1 Å². The smallest absolute Gasteiger partial charge is 0.127 e. The van der Waals surface area contributed by atoms with Crippen LogP contribution < -0.4 is 0 Å². The third kappa shape index (κ3) is 1.59. The maximum absolute atomic E-state index is 10.8. The van der Waals surface area contributed by atoms with Crippen LogP contribution in [0.4, 0.5) is 0 Å². The molecule has 1 aromatic carbocycles. The van der Waals surface area contributed by atoms with E-state index < -0.39 is 0 Å². The minimum absolute atomic E-state index is 0.0584. The number of carbonyl (C=O) groups excluding carboxylic acids is 1. The summed E-state index contributed by atoms with van der Waals surface area (Å²) in [5, 5.41) is 0. The van der Waals surface area contributed by atoms with Gasteiger partial charge in [0.25, 0.3) is 0 Å². The van der Waals surface area contributed by atoms with Gasteiger partial charge in [-0.15, -0.1) is 0 Å². The molecule has 1 heteroatoms. The fraction of sp³-hybridized carbons (Fsp3) is 0.462. The van der Waals surface area contributed by atoms with Crippen LogP contribution in [0, 0.1) is 0 Å². The second kappa shape index (κ2) is 3.95. The summed E-state index contributed by atoms with van der Waals surface area (Å²) in [6.07, 6.45) is 5.96. The van der Waals surface area contributed by atoms with Crippen molar-refractivity contribution in [2.45, 2.75) is 38.5 Å². The van der Waals surface area contributed by atoms with Crippen LogP contribution in [0.1, 0.15) is 42.4 Å². The van der Waals surface area contributed by atoms with Gasteiger partial charge >= 0.3 is 0 Å². The van der Waals surface area contributed by atoms with E-state index in [9.17, 15) is 4.79 Å². The van der Waals surface area contributed by atoms with E-state index in [1.165, 1.54) is 36.0 Å². The van der Waals surface area contributed by atoms with Crippen molar-refractivity contribution in [3.8, 4) is 0 Å². The van der Waals surface area contributed by atoms with Crippen LogP contribution >= 0.6 is 0 Å². The molecule has 0 saturated heterocycles. The lowest BCUT2D eigenvalue weighted by Gasteiger charge is -2.20. The normalized spacial score (nSPS) is 17.2. The molecule has 0 fully saturated rings. The molecule has 1 aliphatic rings. The van der Waals surface area contributed by atoms with Crippen molar-refractivity contribution >= 4 is 6.29 Å². The average Bonchev–Trinajstić information content (AvgIpc) is 2.27. The molecule has 0 amide bonds. The Morgan fingerprint density at radius 1 is 1.29 bits per heavy atom. The Hall–Kier alpha value is -1.11. The number of hydrogen-bond acceptors (Lipinski definition) is 1. The topological polar surface area (TPSA) is 17.1 Å². The highest BCUT2D eigenvalue weighted by Crippen LogP contribution is 2.28. The third-order valence-electron chi connectivity index (χ3n) is 3.13. The summed E-state index contributed by atoms with van der Waals surface area (Å²) in [5.74, 6) is 0.0584. The van der Waals surface area contributed by atoms with Gasteiger partial charge in [0.1, 0.15) is 6.29 Å². The fourth-order valence-corrected chi connectivity index (χ4v) is 2.31. The summed E-state index contributed by atoms with van der Waals surface area (Å²) in [6, 6.07) is 6.39. The number of fused-ring (bicyclic) bond motifs is 1. The van der Waals surface area contributed by atoms with E-state index in [1.54, 1.807) is 0 Å². The predicted molar refractivity (Wildman–Crippen MR) is 57.6 cm³/mol. The SMILES string of the molecule is CC(C=O)c1cccc2c1CCCC2. The summed E-state index contributed by atoms with van der Waals surface area (Å²) >= 11 is 0. The molecule has 0 heterocycles. The van der Waals surface area contributed by atoms with Crippen LogP contribution in [0.2, 0.25) is 0 Å². The van der Waals surface area contributed by atoms with Gasteiger partial charge in [0.2, 0.25) is 0 Å². The van der Waals surface area contributed by atoms with E-state index in [2.05, 4.69) is 18.2 Å². The van der Waals surface area contributed by atoms with Crippen molar-refractivity contribution in [3.63, 3.8) is 0 Å². The number of benzene rings is 1. The molecule has 0 aliphatic heterocycles. The zero-order chi connectivity index (χ0) is 9.97. The molecular formula is C13H16O. The van der Waals surface area contributed by atoms with E-state index in [4.69, 9.17) is 0 Å². The lowest BCUT2D eigenvalue weighted by Crippen LogP contribution is -2.08. The van der Waals surface area contributed by atoms with E-state index >= 15 is 0 Å². The van der Waals surface area contributed by atoms with E-state index in [0.29, 0.717) is 0 Å². The van der Waals surface area contributed by atoms with Crippen LogP contribution in [0.3, 0.4) is 0 Å². The van der Waals surface area contributed by atoms with Crippen molar-refractivity contribution in [2.75, 3.05) is 0 Å². The molecule has 0 saturated carbocycles. The van der Waals surface area contributed by atoms with Crippen molar-refractivity contribution < 1.29 is 4.79 Å². The molecule has 0 N–H and O–H groups in total. The molecule has 1 atom stereocenters. The minimum Gasteiger partial charge on any atom is -0.303 e. The maximum Gasteiger partial charge on any atom is 0.127 e. The van der Waals surface area contributed by atoms with Crippen LogP contribution in [-0.4, -0.2) is 6.29 Å². The Kier molecular flexibility index (Phi) is 2.67. The van der Waals surface area contributed by atoms with Gasteiger partial charge < -0.3 is 4.79 Å². The van der Waals surface area contributed by atoms with Crippen molar-refractivity contribution in [3.05, 3.63) is 34.9 Å². The Morgan fingerprint density at radius 3 is 2.86 bits per heavy atom. The van der Waals surface area contributed by atoms with Gasteiger partial charge in [-0.05, 0) is 42.4 Å². The molecule has 1 aliphatic carbocycles. The largest absolute Gasteiger partial charge is 0.303 e. The molecule has 0 bridgehead atoms. The van der Waals surface area contributed by atoms with Gasteiger partial charge in [-0.3, -0.25) is 0 Å². The van der Waals surface area contributed by atoms with Gasteiger partial charge in [-0.25, -0.2) is 0 Å². The molecule has 0 aromatic heterocycles. The van der Waals surface area contributed by atoms with Crippen molar-refractivity contribution in [2.24, 2.45) is 0 Å². The first-order valence-electron chi connectivity index (χ1n) is 5.39. The average molecular weight is 188 g/mol. The van der Waals surface area contributed by atoms with Crippen LogP contribution in [0.25, 0.3) is 0 Å². The second-order valence-electron chi connectivity index (χ2n) is 4.12. The third-order valence-corrected chi connectivity index (χ3v) is 3.13. The molecular weight excluding hydrogens is 172 g/mol. The van der Waals surface area contributed by atoms with Gasteiger partial charge in [-0.2, -0.15) is 0 Å². The van der Waals surface area contributed by atoms with Crippen LogP contribution in [0.15, 0.2) is 18.2 Å². The summed E-state index contributed by atoms with van der Waals surface area (Å²) in [7, 11) is 0. The van der Waals surface area contributed by atoms with E-state index in [1.807, 2.05) is 6.92 Å². The van der Waals surface area contributed by atoms with Crippen molar-refractivity contribution in [1.82, 2.24) is 0 Å². The number of rotatable bonds is 2. The first-order chi connectivity index (χ1) is 6.83. The Bertz CT molecular complexity index is 341. The second-order valence-corrected chi connectivity index (χ2v) is 4.12. The maximum atomic E-state index is 10.8. The monoisotopic (exact) mass is 188 g/mol. The molecule has 1 aromatic rings. The summed E-state index contributed by atoms with van der Waals surface area (Å²) < 4.78 is 0. The number of aldehydes is 1. The molecule has 2 rings (SSSR count). The molecule has 1 nitrogen and oxygen atoms in total. The summed E-state index contributed by atoms with van der Waals surface area (Å²) in [6.45, 7) is 1.98. The minimum atomic E-state index is 0.0584. The standard InChI is InChI=1S/C13H16O/c1-10(9-14)12-8-4-6-11-5-2-3-7-13(11)12/h4,6,8-10H,2-3,5,7H2,1H3. The highest BCUT2D eigenvalue weighted by molar-refractivity contribution is 5.63. The lowest BCUT2D eigenvalue weighted by molar-refractivity contribution is -0.108. The highest BCUT2D eigenvalue weighted by atomic mass is 16.1. The Balaban J connectivity index is 2.44. The molecule has 0 radical (unpaired) electrons. The summed E-state index contributed by atoms with van der Waals surface area (Å²) in [5.41, 5.74) is 4.15. The highest BCUT2D eigenvalue weighted by Gasteiger charge is 2.15. The lowest BCUT2D eigenvalue weighted by atomic mass is 9.85. The first kappa shape index (κ1) is 9.45. The van der Waals surface area contributed by atoms with E-state index in [0.717, 1.165) is 12.7 Å². The molecule has 14 heavy (non-hydrogen) atoms. The zero-order valence-electron chi connectivity index (χ0n) is 8.62. The fourth-order valence-electron chi connectivity index (χ4n) is 2.31. The van der Waals surface area contributed by atoms with Crippen LogP contribution in [-0.2, 0) is 17.6 Å². The van der Waals surface area contributed by atoms with Gasteiger partial charge in [0.05, 0.1) is 0 Å². The van der Waals surface area contributed by atoms with Gasteiger partial charge in [-0.1, -0.05) is 25.1 Å². The quantitative estimate of drug-likeness (QED) is 0.652. The Morgan fingerprint density at radius 2 is 2.07 bits per heavy atom. The number of carbonyl (C=O) groups is 1. The zero-order valence-corrected chi connectivity index (χ0v) is 8.62. The first-order valence-corrected chi connectivity index (χ1v) is 5.39. The van der Waals surface area contributed by atoms with Gasteiger partial charge in [0.15, 0.2) is 0 Å². The van der Waals surface area contributed by atoms with Crippen LogP contribution in [0.5, 0.6) is 0 Å². The van der Waals surface area contributed by atoms with Crippen molar-refractivity contribution in [1.29, 1.82) is 0 Å². The molecule has 0 spiro atoms. The van der Waals surface area contributed by atoms with E-state index in [-0.39, 0.29) is 5.92 Å². The predicted octanol–water partition coefficient (Wildman–Crippen LogP) is 2.87. The number of hydrogen-bond donors (Lipinski definition) is 0.